The van der Waals surface area contributed by atoms with Gasteiger partial charge in [0.1, 0.15) is 0 Å². The summed E-state index contributed by atoms with van der Waals surface area (Å²) in [6.45, 7) is 6.96. The van der Waals surface area contributed by atoms with Crippen LogP contribution in [0.2, 0.25) is 0 Å². The Kier molecular flexibility index (Phi) is 9.03. The molecule has 1 rings (SSSR count). The Labute approximate surface area is 143 Å². The standard InChI is InChI=1S/C20H36ClP/c1-4-5-6-7-8-9-10-11-15-18-22(2,3,21)19-20-16-13-12-14-17-20/h12-14,16-17H,4-11,15,18-19H2,1-3H3. The molecule has 0 aliphatic rings. The number of hydrogen-bond donors (Lipinski definition) is 0. The van der Waals surface area contributed by atoms with Gasteiger partial charge in [-0.3, -0.25) is 0 Å². The summed E-state index contributed by atoms with van der Waals surface area (Å²) in [5, 5.41) is 0. The molecule has 0 bridgehead atoms. The molecule has 0 aromatic heterocycles. The van der Waals surface area contributed by atoms with Crippen LogP contribution in [0.1, 0.15) is 70.3 Å². The molecule has 22 heavy (non-hydrogen) atoms. The van der Waals surface area contributed by atoms with E-state index in [9.17, 15) is 0 Å². The van der Waals surface area contributed by atoms with Crippen LogP contribution in [-0.4, -0.2) is 19.5 Å². The number of halogens is 1. The fourth-order valence-electron chi connectivity index (χ4n) is 3.14. The molecular formula is C20H36ClP. The molecular weight excluding hydrogens is 307 g/mol. The zero-order chi connectivity index (χ0) is 16.3. The third kappa shape index (κ3) is 9.86. The van der Waals surface area contributed by atoms with Crippen molar-refractivity contribution in [1.29, 1.82) is 0 Å². The zero-order valence-electron chi connectivity index (χ0n) is 15.0. The minimum atomic E-state index is -2.03. The van der Waals surface area contributed by atoms with Gasteiger partial charge >= 0.3 is 143 Å². The van der Waals surface area contributed by atoms with E-state index in [1.165, 1.54) is 69.5 Å². The molecule has 0 amide bonds. The molecule has 128 valence electrons. The van der Waals surface area contributed by atoms with Crippen molar-refractivity contribution in [2.24, 2.45) is 0 Å². The summed E-state index contributed by atoms with van der Waals surface area (Å²) in [7, 11) is 0. The minimum absolute atomic E-state index is 1.07. The first-order chi connectivity index (χ1) is 10.4. The van der Waals surface area contributed by atoms with Crippen LogP contribution in [0.4, 0.5) is 0 Å². The Hall–Kier alpha value is -0.0600. The maximum atomic E-state index is 7.05. The summed E-state index contributed by atoms with van der Waals surface area (Å²) in [6.07, 6.45) is 14.8. The topological polar surface area (TPSA) is 0 Å². The predicted octanol–water partition coefficient (Wildman–Crippen LogP) is 7.68. The van der Waals surface area contributed by atoms with E-state index in [1.807, 2.05) is 0 Å². The van der Waals surface area contributed by atoms with Gasteiger partial charge in [-0.1, -0.05) is 0 Å². The van der Waals surface area contributed by atoms with Crippen molar-refractivity contribution in [2.45, 2.75) is 70.9 Å². The quantitative estimate of drug-likeness (QED) is 0.270. The summed E-state index contributed by atoms with van der Waals surface area (Å²) in [6, 6.07) is 10.8. The first-order valence-electron chi connectivity index (χ1n) is 9.17. The third-order valence-electron chi connectivity index (χ3n) is 4.46. The van der Waals surface area contributed by atoms with Crippen LogP contribution in [-0.2, 0) is 6.16 Å². The molecule has 0 N–H and O–H groups in total. The van der Waals surface area contributed by atoms with Crippen LogP contribution in [0.3, 0.4) is 0 Å². The van der Waals surface area contributed by atoms with Crippen LogP contribution < -0.4 is 0 Å². The van der Waals surface area contributed by atoms with E-state index >= 15 is 0 Å². The molecule has 0 aliphatic carbocycles. The molecule has 0 fully saturated rings. The molecule has 0 saturated heterocycles. The summed E-state index contributed by atoms with van der Waals surface area (Å²) in [5.41, 5.74) is 1.40. The van der Waals surface area contributed by atoms with E-state index < -0.39 is 5.96 Å². The van der Waals surface area contributed by atoms with Gasteiger partial charge in [0, 0.05) is 0 Å². The Balaban J connectivity index is 2.16. The molecule has 0 radical (unpaired) electrons. The second kappa shape index (κ2) is 9.94. The summed E-state index contributed by atoms with van der Waals surface area (Å²) >= 11 is 7.05. The van der Waals surface area contributed by atoms with Gasteiger partial charge in [-0.15, -0.1) is 0 Å². The fraction of sp³-hybridized carbons (Fsp3) is 0.700. The van der Waals surface area contributed by atoms with Crippen LogP contribution in [0, 0.1) is 0 Å². The molecule has 0 heterocycles. The number of unbranched alkanes of at least 4 members (excludes halogenated alkanes) is 8. The van der Waals surface area contributed by atoms with Crippen molar-refractivity contribution < 1.29 is 0 Å². The monoisotopic (exact) mass is 342 g/mol. The molecule has 0 saturated carbocycles. The predicted molar refractivity (Wildman–Crippen MR) is 107 cm³/mol. The molecule has 0 spiro atoms. The molecule has 1 aromatic rings. The third-order valence-corrected chi connectivity index (χ3v) is 8.37. The second-order valence-electron chi connectivity index (χ2n) is 7.71. The Morgan fingerprint density at radius 2 is 1.27 bits per heavy atom. The van der Waals surface area contributed by atoms with E-state index in [4.69, 9.17) is 11.2 Å². The van der Waals surface area contributed by atoms with Crippen LogP contribution >= 0.6 is 17.2 Å². The van der Waals surface area contributed by atoms with Gasteiger partial charge in [-0.25, -0.2) is 0 Å². The van der Waals surface area contributed by atoms with Gasteiger partial charge in [0.15, 0.2) is 0 Å². The maximum absolute atomic E-state index is 7.05. The summed E-state index contributed by atoms with van der Waals surface area (Å²) in [4.78, 5) is 0. The Bertz CT molecular complexity index is 391. The van der Waals surface area contributed by atoms with Crippen molar-refractivity contribution in [3.63, 3.8) is 0 Å². The van der Waals surface area contributed by atoms with Gasteiger partial charge in [0.05, 0.1) is 0 Å². The average molecular weight is 343 g/mol. The number of rotatable bonds is 12. The molecule has 0 nitrogen and oxygen atoms in total. The first kappa shape index (κ1) is 20.0. The first-order valence-corrected chi connectivity index (χ1v) is 13.6. The van der Waals surface area contributed by atoms with Gasteiger partial charge in [0.25, 0.3) is 0 Å². The van der Waals surface area contributed by atoms with Crippen molar-refractivity contribution in [2.75, 3.05) is 19.5 Å². The Morgan fingerprint density at radius 3 is 1.82 bits per heavy atom. The van der Waals surface area contributed by atoms with E-state index in [0.717, 1.165) is 6.16 Å². The van der Waals surface area contributed by atoms with E-state index in [0.29, 0.717) is 0 Å². The van der Waals surface area contributed by atoms with E-state index in [-0.39, 0.29) is 0 Å². The van der Waals surface area contributed by atoms with Crippen molar-refractivity contribution >= 4 is 17.2 Å². The van der Waals surface area contributed by atoms with Crippen molar-refractivity contribution in [3.8, 4) is 0 Å². The van der Waals surface area contributed by atoms with Crippen LogP contribution in [0.15, 0.2) is 30.3 Å². The van der Waals surface area contributed by atoms with Crippen molar-refractivity contribution in [3.05, 3.63) is 35.9 Å². The molecule has 0 atom stereocenters. The SMILES string of the molecule is CCCCCCCCCCCP(C)(C)(Cl)Cc1ccccc1. The summed E-state index contributed by atoms with van der Waals surface area (Å²) in [5.74, 6) is -2.03. The Morgan fingerprint density at radius 1 is 0.773 bits per heavy atom. The van der Waals surface area contributed by atoms with Crippen LogP contribution in [0.25, 0.3) is 0 Å². The van der Waals surface area contributed by atoms with E-state index in [1.54, 1.807) is 0 Å². The molecule has 0 unspecified atom stereocenters. The van der Waals surface area contributed by atoms with Crippen LogP contribution in [0.5, 0.6) is 0 Å². The molecule has 1 aromatic carbocycles. The van der Waals surface area contributed by atoms with E-state index in [2.05, 4.69) is 50.6 Å². The zero-order valence-corrected chi connectivity index (χ0v) is 16.6. The molecule has 0 aliphatic heterocycles. The van der Waals surface area contributed by atoms with Gasteiger partial charge in [-0.2, -0.15) is 0 Å². The van der Waals surface area contributed by atoms with Gasteiger partial charge in [-0.05, 0) is 0 Å². The van der Waals surface area contributed by atoms with Gasteiger partial charge < -0.3 is 0 Å². The van der Waals surface area contributed by atoms with Gasteiger partial charge in [0.2, 0.25) is 0 Å². The van der Waals surface area contributed by atoms with Crippen molar-refractivity contribution in [1.82, 2.24) is 0 Å². The number of benzene rings is 1. The average Bonchev–Trinajstić information content (AvgIpc) is 2.45. The molecule has 2 heteroatoms. The second-order valence-corrected chi connectivity index (χ2v) is 17.0. The summed E-state index contributed by atoms with van der Waals surface area (Å²) < 4.78 is 0. The number of hydrogen-bond acceptors (Lipinski definition) is 0. The fourth-order valence-corrected chi connectivity index (χ4v) is 6.60. The normalized spacial score (nSPS) is 13.7.